The Kier molecular flexibility index (Phi) is 3.87. The summed E-state index contributed by atoms with van der Waals surface area (Å²) in [5, 5.41) is 0. The zero-order chi connectivity index (χ0) is 8.20. The Morgan fingerprint density at radius 2 is 2.20 bits per heavy atom. The maximum Gasteiger partial charge on any atom is 0.325 e. The van der Waals surface area contributed by atoms with Gasteiger partial charge in [0.15, 0.2) is 0 Å². The van der Waals surface area contributed by atoms with Crippen LogP contribution in [0, 0.1) is 0 Å². The smallest absolute Gasteiger partial charge is 0.324 e. The highest BCUT2D eigenvalue weighted by Crippen LogP contribution is 2.36. The third kappa shape index (κ3) is 7.89. The second-order valence-corrected chi connectivity index (χ2v) is 4.24. The van der Waals surface area contributed by atoms with E-state index in [9.17, 15) is 4.57 Å². The third-order valence-corrected chi connectivity index (χ3v) is 1.43. The molecular formula is C6H13O3P. The molecule has 0 spiro atoms. The minimum Gasteiger partial charge on any atom is -0.324 e. The van der Waals surface area contributed by atoms with E-state index in [-0.39, 0.29) is 6.61 Å². The molecule has 10 heavy (non-hydrogen) atoms. The monoisotopic (exact) mass is 164 g/mol. The molecule has 0 aliphatic rings. The second kappa shape index (κ2) is 3.91. The molecule has 0 radical (unpaired) electrons. The molecule has 0 rings (SSSR count). The average Bonchev–Trinajstić information content (AvgIpc) is 1.59. The van der Waals surface area contributed by atoms with Crippen LogP contribution in [0.15, 0.2) is 11.6 Å². The van der Waals surface area contributed by atoms with Crippen molar-refractivity contribution in [3.05, 3.63) is 11.6 Å². The van der Waals surface area contributed by atoms with E-state index >= 15 is 0 Å². The van der Waals surface area contributed by atoms with Gasteiger partial charge in [-0.1, -0.05) is 11.6 Å². The summed E-state index contributed by atoms with van der Waals surface area (Å²) >= 11 is 0. The van der Waals surface area contributed by atoms with E-state index < -0.39 is 7.60 Å². The zero-order valence-electron chi connectivity index (χ0n) is 6.50. The van der Waals surface area contributed by atoms with E-state index in [1.54, 1.807) is 6.08 Å². The minimum absolute atomic E-state index is 0.215. The van der Waals surface area contributed by atoms with E-state index in [2.05, 4.69) is 4.52 Å². The molecular weight excluding hydrogens is 151 g/mol. The first-order valence-electron chi connectivity index (χ1n) is 3.00. The maximum atomic E-state index is 10.5. The lowest BCUT2D eigenvalue weighted by Gasteiger charge is -2.02. The molecule has 4 heteroatoms. The molecule has 0 aromatic rings. The van der Waals surface area contributed by atoms with Gasteiger partial charge in [-0.3, -0.25) is 4.57 Å². The Morgan fingerprint density at radius 1 is 1.70 bits per heavy atom. The summed E-state index contributed by atoms with van der Waals surface area (Å²) in [6, 6.07) is 0. The fourth-order valence-corrected chi connectivity index (χ4v) is 0.693. The molecule has 0 aromatic heterocycles. The van der Waals surface area contributed by atoms with Gasteiger partial charge in [-0.15, -0.1) is 0 Å². The first-order chi connectivity index (χ1) is 4.42. The Morgan fingerprint density at radius 3 is 2.50 bits per heavy atom. The van der Waals surface area contributed by atoms with Gasteiger partial charge in [0.2, 0.25) is 0 Å². The Balaban J connectivity index is 3.58. The molecule has 60 valence electrons. The van der Waals surface area contributed by atoms with Gasteiger partial charge in [0.1, 0.15) is 0 Å². The van der Waals surface area contributed by atoms with Gasteiger partial charge in [-0.2, -0.15) is 0 Å². The van der Waals surface area contributed by atoms with Crippen molar-refractivity contribution < 1.29 is 14.0 Å². The minimum atomic E-state index is -3.27. The first kappa shape index (κ1) is 9.89. The van der Waals surface area contributed by atoms with E-state index in [0.29, 0.717) is 0 Å². The van der Waals surface area contributed by atoms with Gasteiger partial charge in [0.05, 0.1) is 6.61 Å². The van der Waals surface area contributed by atoms with Gasteiger partial charge < -0.3 is 9.42 Å². The molecule has 0 aliphatic carbocycles. The van der Waals surface area contributed by atoms with Crippen molar-refractivity contribution in [2.75, 3.05) is 13.3 Å². The van der Waals surface area contributed by atoms with Crippen LogP contribution in [-0.2, 0) is 9.09 Å². The van der Waals surface area contributed by atoms with Crippen LogP contribution in [0.4, 0.5) is 0 Å². The molecule has 0 aliphatic heterocycles. The molecule has 1 atom stereocenters. The standard InChI is InChI=1S/C6H13O3P/c1-6(2)4-5-9-10(3,7)8/h4H,5H2,1-3H3,(H,7,8). The zero-order valence-corrected chi connectivity index (χ0v) is 7.39. The van der Waals surface area contributed by atoms with Crippen LogP contribution in [0.5, 0.6) is 0 Å². The summed E-state index contributed by atoms with van der Waals surface area (Å²) in [7, 11) is -3.27. The van der Waals surface area contributed by atoms with Gasteiger partial charge in [-0.25, -0.2) is 0 Å². The molecule has 0 heterocycles. The molecule has 0 saturated carbocycles. The maximum absolute atomic E-state index is 10.5. The molecule has 1 N–H and O–H groups in total. The molecule has 1 unspecified atom stereocenters. The highest BCUT2D eigenvalue weighted by Gasteiger charge is 2.06. The van der Waals surface area contributed by atoms with Crippen LogP contribution in [0.1, 0.15) is 13.8 Å². The van der Waals surface area contributed by atoms with Crippen molar-refractivity contribution in [3.63, 3.8) is 0 Å². The van der Waals surface area contributed by atoms with Crippen LogP contribution in [0.2, 0.25) is 0 Å². The van der Waals surface area contributed by atoms with E-state index in [1.165, 1.54) is 6.66 Å². The number of hydrogen-bond acceptors (Lipinski definition) is 2. The second-order valence-electron chi connectivity index (χ2n) is 2.38. The van der Waals surface area contributed by atoms with Crippen LogP contribution < -0.4 is 0 Å². The lowest BCUT2D eigenvalue weighted by molar-refractivity contribution is 0.293. The fourth-order valence-electron chi connectivity index (χ4n) is 0.342. The summed E-state index contributed by atoms with van der Waals surface area (Å²) in [6.45, 7) is 5.20. The largest absolute Gasteiger partial charge is 0.325 e. The van der Waals surface area contributed by atoms with Gasteiger partial charge in [0.25, 0.3) is 0 Å². The number of allylic oxidation sites excluding steroid dienone is 1. The highest BCUT2D eigenvalue weighted by atomic mass is 31.2. The van der Waals surface area contributed by atoms with Crippen LogP contribution in [0.25, 0.3) is 0 Å². The number of hydrogen-bond donors (Lipinski definition) is 1. The molecule has 0 aromatic carbocycles. The molecule has 3 nitrogen and oxygen atoms in total. The first-order valence-corrected chi connectivity index (χ1v) is 5.02. The summed E-state index contributed by atoms with van der Waals surface area (Å²) in [5.74, 6) is 0. The van der Waals surface area contributed by atoms with Crippen LogP contribution in [-0.4, -0.2) is 18.2 Å². The third-order valence-electron chi connectivity index (χ3n) is 0.806. The average molecular weight is 164 g/mol. The quantitative estimate of drug-likeness (QED) is 0.510. The molecule has 0 fully saturated rings. The lowest BCUT2D eigenvalue weighted by atomic mass is 10.3. The SMILES string of the molecule is CC(C)=CCOP(C)(=O)O. The van der Waals surface area contributed by atoms with Crippen molar-refractivity contribution in [2.24, 2.45) is 0 Å². The predicted octanol–water partition coefficient (Wildman–Crippen LogP) is 1.78. The van der Waals surface area contributed by atoms with Crippen molar-refractivity contribution in [1.82, 2.24) is 0 Å². The predicted molar refractivity (Wildman–Crippen MR) is 41.1 cm³/mol. The van der Waals surface area contributed by atoms with Gasteiger partial charge in [0, 0.05) is 6.66 Å². The van der Waals surface area contributed by atoms with E-state index in [1.807, 2.05) is 13.8 Å². The van der Waals surface area contributed by atoms with Crippen LogP contribution >= 0.6 is 7.60 Å². The van der Waals surface area contributed by atoms with Crippen LogP contribution in [0.3, 0.4) is 0 Å². The highest BCUT2D eigenvalue weighted by molar-refractivity contribution is 7.51. The van der Waals surface area contributed by atoms with Crippen molar-refractivity contribution in [3.8, 4) is 0 Å². The van der Waals surface area contributed by atoms with Crippen molar-refractivity contribution in [2.45, 2.75) is 13.8 Å². The summed E-state index contributed by atoms with van der Waals surface area (Å²) in [5.41, 5.74) is 1.08. The summed E-state index contributed by atoms with van der Waals surface area (Å²) in [4.78, 5) is 8.63. The van der Waals surface area contributed by atoms with E-state index in [0.717, 1.165) is 5.57 Å². The molecule has 0 saturated heterocycles. The van der Waals surface area contributed by atoms with Crippen molar-refractivity contribution in [1.29, 1.82) is 0 Å². The topological polar surface area (TPSA) is 46.5 Å². The Hall–Kier alpha value is -0.110. The normalized spacial score (nSPS) is 16.0. The van der Waals surface area contributed by atoms with Gasteiger partial charge >= 0.3 is 7.60 Å². The summed E-state index contributed by atoms with van der Waals surface area (Å²) < 4.78 is 15.1. The van der Waals surface area contributed by atoms with Crippen molar-refractivity contribution >= 4 is 7.60 Å². The Bertz CT molecular complexity index is 164. The van der Waals surface area contributed by atoms with E-state index in [4.69, 9.17) is 4.89 Å². The molecule has 0 amide bonds. The Labute approximate surface area is 61.2 Å². The number of rotatable bonds is 3. The fraction of sp³-hybridized carbons (Fsp3) is 0.667. The van der Waals surface area contributed by atoms with Gasteiger partial charge in [-0.05, 0) is 13.8 Å². The summed E-state index contributed by atoms with van der Waals surface area (Å²) in [6.07, 6.45) is 1.76. The molecule has 0 bridgehead atoms. The lowest BCUT2D eigenvalue weighted by Crippen LogP contribution is -1.87.